The van der Waals surface area contributed by atoms with Crippen molar-refractivity contribution in [3.05, 3.63) is 81.8 Å². The van der Waals surface area contributed by atoms with Crippen LogP contribution in [0.25, 0.3) is 0 Å². The van der Waals surface area contributed by atoms with Crippen molar-refractivity contribution in [1.29, 1.82) is 0 Å². The molecule has 0 spiro atoms. The second-order valence-corrected chi connectivity index (χ2v) is 6.78. The topological polar surface area (TPSA) is 42.4 Å². The average molecular weight is 388 g/mol. The lowest BCUT2D eigenvalue weighted by atomic mass is 10.1. The lowest BCUT2D eigenvalue weighted by molar-refractivity contribution is 0.0742. The minimum Gasteiger partial charge on any atom is -0.487 e. The van der Waals surface area contributed by atoms with E-state index in [1.807, 2.05) is 5.38 Å². The molecule has 0 bridgehead atoms. The number of aromatic nitrogens is 1. The fourth-order valence-corrected chi connectivity index (χ4v) is 3.10. The van der Waals surface area contributed by atoms with Gasteiger partial charge in [-0.2, -0.15) is 0 Å². The number of hydrogen-bond donors (Lipinski definition) is 0. The van der Waals surface area contributed by atoms with Gasteiger partial charge in [0.05, 0.1) is 17.2 Å². The highest BCUT2D eigenvalue weighted by molar-refractivity contribution is 7.07. The Balaban J connectivity index is 1.72. The van der Waals surface area contributed by atoms with Crippen molar-refractivity contribution in [1.82, 2.24) is 9.88 Å². The molecule has 0 aliphatic heterocycles. The first-order chi connectivity index (χ1) is 13.0. The minimum atomic E-state index is -0.933. The third-order valence-corrected chi connectivity index (χ3v) is 4.91. The Morgan fingerprint density at radius 3 is 2.74 bits per heavy atom. The first kappa shape index (κ1) is 19.0. The van der Waals surface area contributed by atoms with E-state index >= 15 is 0 Å². The SMILES string of the molecule is CC(c1ccc(F)c(F)c1)N(C)C(=O)c1cccc(OCc2cscn2)c1. The van der Waals surface area contributed by atoms with Gasteiger partial charge in [-0.25, -0.2) is 13.8 Å². The molecule has 7 heteroatoms. The van der Waals surface area contributed by atoms with Gasteiger partial charge in [0.2, 0.25) is 0 Å². The summed E-state index contributed by atoms with van der Waals surface area (Å²) in [5, 5.41) is 1.90. The summed E-state index contributed by atoms with van der Waals surface area (Å²) in [6.07, 6.45) is 0. The lowest BCUT2D eigenvalue weighted by Crippen LogP contribution is -2.29. The molecule has 3 rings (SSSR count). The van der Waals surface area contributed by atoms with E-state index in [2.05, 4.69) is 4.98 Å². The summed E-state index contributed by atoms with van der Waals surface area (Å²) in [5.41, 5.74) is 3.51. The molecular weight excluding hydrogens is 370 g/mol. The first-order valence-corrected chi connectivity index (χ1v) is 9.22. The maximum absolute atomic E-state index is 13.5. The number of ether oxygens (including phenoxy) is 1. The highest BCUT2D eigenvalue weighted by Gasteiger charge is 2.20. The summed E-state index contributed by atoms with van der Waals surface area (Å²) >= 11 is 1.49. The second kappa shape index (κ2) is 8.26. The average Bonchev–Trinajstić information content (AvgIpc) is 3.20. The Hall–Kier alpha value is -2.80. The van der Waals surface area contributed by atoms with Gasteiger partial charge in [-0.15, -0.1) is 11.3 Å². The van der Waals surface area contributed by atoms with Crippen LogP contribution in [0.4, 0.5) is 8.78 Å². The smallest absolute Gasteiger partial charge is 0.254 e. The Kier molecular flexibility index (Phi) is 5.81. The van der Waals surface area contributed by atoms with Crippen molar-refractivity contribution in [2.24, 2.45) is 0 Å². The highest BCUT2D eigenvalue weighted by atomic mass is 32.1. The zero-order chi connectivity index (χ0) is 19.4. The van der Waals surface area contributed by atoms with Crippen LogP contribution in [0.3, 0.4) is 0 Å². The number of carbonyl (C=O) groups is 1. The Bertz CT molecular complexity index is 931. The molecule has 0 fully saturated rings. The molecule has 1 heterocycles. The molecule has 1 amide bonds. The number of amides is 1. The summed E-state index contributed by atoms with van der Waals surface area (Å²) in [7, 11) is 1.62. The lowest BCUT2D eigenvalue weighted by Gasteiger charge is -2.25. The minimum absolute atomic E-state index is 0.244. The highest BCUT2D eigenvalue weighted by Crippen LogP contribution is 2.24. The van der Waals surface area contributed by atoms with Crippen LogP contribution >= 0.6 is 11.3 Å². The molecule has 27 heavy (non-hydrogen) atoms. The molecule has 0 aliphatic carbocycles. The van der Waals surface area contributed by atoms with Gasteiger partial charge in [0.1, 0.15) is 12.4 Å². The molecule has 140 valence electrons. The van der Waals surface area contributed by atoms with E-state index < -0.39 is 17.7 Å². The Morgan fingerprint density at radius 1 is 1.22 bits per heavy atom. The third kappa shape index (κ3) is 4.49. The maximum Gasteiger partial charge on any atom is 0.254 e. The predicted octanol–water partition coefficient (Wildman–Crippen LogP) is 4.83. The summed E-state index contributed by atoms with van der Waals surface area (Å²) in [4.78, 5) is 18.4. The fourth-order valence-electron chi connectivity index (χ4n) is 2.56. The quantitative estimate of drug-likeness (QED) is 0.607. The Morgan fingerprint density at radius 2 is 2.04 bits per heavy atom. The Labute approximate surface area is 160 Å². The molecular formula is C20H18F2N2O2S. The predicted molar refractivity (Wildman–Crippen MR) is 99.8 cm³/mol. The number of halogens is 2. The second-order valence-electron chi connectivity index (χ2n) is 6.06. The third-order valence-electron chi connectivity index (χ3n) is 4.28. The summed E-state index contributed by atoms with van der Waals surface area (Å²) in [5.74, 6) is -1.53. The molecule has 1 unspecified atom stereocenters. The van der Waals surface area contributed by atoms with Gasteiger partial charge < -0.3 is 9.64 Å². The summed E-state index contributed by atoms with van der Waals surface area (Å²) in [6, 6.07) is 10.1. The molecule has 0 saturated carbocycles. The van der Waals surface area contributed by atoms with Gasteiger partial charge in [0.15, 0.2) is 11.6 Å². The van der Waals surface area contributed by atoms with Crippen LogP contribution in [0.2, 0.25) is 0 Å². The number of nitrogens with zero attached hydrogens (tertiary/aromatic N) is 2. The van der Waals surface area contributed by atoms with Crippen molar-refractivity contribution in [3.8, 4) is 5.75 Å². The van der Waals surface area contributed by atoms with Gasteiger partial charge in [-0.05, 0) is 42.8 Å². The molecule has 1 atom stereocenters. The molecule has 3 aromatic rings. The molecule has 0 N–H and O–H groups in total. The van der Waals surface area contributed by atoms with Gasteiger partial charge in [0.25, 0.3) is 5.91 Å². The van der Waals surface area contributed by atoms with Crippen LogP contribution < -0.4 is 4.74 Å². The van der Waals surface area contributed by atoms with E-state index in [1.54, 1.807) is 43.7 Å². The van der Waals surface area contributed by atoms with Crippen LogP contribution in [0.1, 0.15) is 34.6 Å². The number of hydrogen-bond acceptors (Lipinski definition) is 4. The van der Waals surface area contributed by atoms with Gasteiger partial charge >= 0.3 is 0 Å². The van der Waals surface area contributed by atoms with E-state index in [0.717, 1.165) is 17.8 Å². The monoisotopic (exact) mass is 388 g/mol. The number of benzene rings is 2. The number of rotatable bonds is 6. The number of thiazole rings is 1. The fraction of sp³-hybridized carbons (Fsp3) is 0.200. The largest absolute Gasteiger partial charge is 0.487 e. The first-order valence-electron chi connectivity index (χ1n) is 8.27. The van der Waals surface area contributed by atoms with Crippen molar-refractivity contribution in [2.45, 2.75) is 19.6 Å². The van der Waals surface area contributed by atoms with E-state index in [1.165, 1.54) is 22.3 Å². The molecule has 4 nitrogen and oxygen atoms in total. The zero-order valence-corrected chi connectivity index (χ0v) is 15.7. The molecule has 1 aromatic heterocycles. The summed E-state index contributed by atoms with van der Waals surface area (Å²) < 4.78 is 32.3. The van der Waals surface area contributed by atoms with Crippen LogP contribution in [0, 0.1) is 11.6 Å². The van der Waals surface area contributed by atoms with Crippen molar-refractivity contribution < 1.29 is 18.3 Å². The van der Waals surface area contributed by atoms with E-state index in [9.17, 15) is 13.6 Å². The van der Waals surface area contributed by atoms with E-state index in [0.29, 0.717) is 23.5 Å². The maximum atomic E-state index is 13.5. The van der Waals surface area contributed by atoms with Crippen LogP contribution in [0.15, 0.2) is 53.4 Å². The molecule has 0 saturated heterocycles. The van der Waals surface area contributed by atoms with Crippen molar-refractivity contribution >= 4 is 17.2 Å². The molecule has 0 radical (unpaired) electrons. The summed E-state index contributed by atoms with van der Waals surface area (Å²) in [6.45, 7) is 2.08. The van der Waals surface area contributed by atoms with Gasteiger partial charge in [-0.3, -0.25) is 4.79 Å². The van der Waals surface area contributed by atoms with Crippen molar-refractivity contribution in [3.63, 3.8) is 0 Å². The van der Waals surface area contributed by atoms with E-state index in [4.69, 9.17) is 4.74 Å². The standard InChI is InChI=1S/C20H18F2N2O2S/c1-13(14-6-7-18(21)19(22)9-14)24(2)20(25)15-4-3-5-17(8-15)26-10-16-11-27-12-23-16/h3-9,11-13H,10H2,1-2H3. The van der Waals surface area contributed by atoms with Gasteiger partial charge in [-0.1, -0.05) is 12.1 Å². The zero-order valence-electron chi connectivity index (χ0n) is 14.9. The number of carbonyl (C=O) groups excluding carboxylic acids is 1. The van der Waals surface area contributed by atoms with Crippen molar-refractivity contribution in [2.75, 3.05) is 7.05 Å². The van der Waals surface area contributed by atoms with Crippen LogP contribution in [-0.4, -0.2) is 22.8 Å². The van der Waals surface area contributed by atoms with Crippen LogP contribution in [0.5, 0.6) is 5.75 Å². The molecule has 0 aliphatic rings. The van der Waals surface area contributed by atoms with Gasteiger partial charge in [0, 0.05) is 18.0 Å². The normalized spacial score (nSPS) is 11.9. The van der Waals surface area contributed by atoms with E-state index in [-0.39, 0.29) is 5.91 Å². The van der Waals surface area contributed by atoms with Crippen LogP contribution in [-0.2, 0) is 6.61 Å². The molecule has 2 aromatic carbocycles.